The van der Waals surface area contributed by atoms with Gasteiger partial charge in [-0.1, -0.05) is 63.5 Å². The van der Waals surface area contributed by atoms with E-state index in [-0.39, 0.29) is 23.4 Å². The van der Waals surface area contributed by atoms with E-state index in [1.165, 1.54) is 6.20 Å². The molecule has 0 spiro atoms. The predicted molar refractivity (Wildman–Crippen MR) is 182 cm³/mol. The summed E-state index contributed by atoms with van der Waals surface area (Å²) < 4.78 is 5.08. The van der Waals surface area contributed by atoms with Crippen molar-refractivity contribution >= 4 is 40.2 Å². The van der Waals surface area contributed by atoms with Crippen molar-refractivity contribution < 1.29 is 9.32 Å². The van der Waals surface area contributed by atoms with Gasteiger partial charge in [0.1, 0.15) is 11.6 Å². The molecule has 0 atom stereocenters. The third-order valence-electron chi connectivity index (χ3n) is 6.71. The number of fused-ring (bicyclic) bond motifs is 1. The normalized spacial score (nSPS) is 10.9. The van der Waals surface area contributed by atoms with Gasteiger partial charge in [-0.25, -0.2) is 20.1 Å². The van der Waals surface area contributed by atoms with E-state index in [4.69, 9.17) is 27.6 Å². The molecule has 0 aliphatic heterocycles. The molecule has 0 aliphatic rings. The summed E-state index contributed by atoms with van der Waals surface area (Å²) in [5.74, 6) is 0.666. The summed E-state index contributed by atoms with van der Waals surface area (Å²) >= 11 is 6.55. The lowest BCUT2D eigenvalue weighted by Crippen LogP contribution is -2.23. The highest BCUT2D eigenvalue weighted by molar-refractivity contribution is 6.31. The molecule has 0 saturated heterocycles. The Morgan fingerprint density at radius 3 is 2.36 bits per heavy atom. The second-order valence-electron chi connectivity index (χ2n) is 11.0. The van der Waals surface area contributed by atoms with Gasteiger partial charge in [0.05, 0.1) is 16.8 Å². The number of amides is 1. The molecule has 47 heavy (non-hydrogen) atoms. The van der Waals surface area contributed by atoms with Crippen LogP contribution in [0.5, 0.6) is 0 Å². The number of H-pyrrole nitrogens is 2. The Balaban J connectivity index is 0.000000390. The van der Waals surface area contributed by atoms with Crippen LogP contribution in [0.3, 0.4) is 0 Å². The summed E-state index contributed by atoms with van der Waals surface area (Å²) in [6.07, 6.45) is 4.76. The fourth-order valence-corrected chi connectivity index (χ4v) is 4.38. The molecule has 14 nitrogen and oxygen atoms in total. The zero-order chi connectivity index (χ0) is 34.3. The zero-order valence-corrected chi connectivity index (χ0v) is 27.6. The van der Waals surface area contributed by atoms with Crippen LogP contribution in [0.2, 0.25) is 5.02 Å². The number of nitrogen functional groups attached to an aromatic ring is 2. The largest absolute Gasteiger partial charge is 0.396 e. The number of rotatable bonds is 5. The first kappa shape index (κ1) is 34.2. The summed E-state index contributed by atoms with van der Waals surface area (Å²) in [6.45, 7) is 11.9. The van der Waals surface area contributed by atoms with E-state index in [1.54, 1.807) is 24.5 Å². The number of halogens is 1. The Labute approximate surface area is 275 Å². The number of hydrogen-bond acceptors (Lipinski definition) is 11. The van der Waals surface area contributed by atoms with Gasteiger partial charge in [-0.15, -0.1) is 0 Å². The first-order valence-corrected chi connectivity index (χ1v) is 15.1. The van der Waals surface area contributed by atoms with Crippen LogP contribution in [0.4, 0.5) is 11.5 Å². The Hall–Kier alpha value is -5.63. The van der Waals surface area contributed by atoms with Gasteiger partial charge in [-0.3, -0.25) is 9.59 Å². The molecule has 15 heteroatoms. The highest BCUT2D eigenvalue weighted by Crippen LogP contribution is 2.31. The molecule has 7 N–H and O–H groups in total. The van der Waals surface area contributed by atoms with E-state index in [0.29, 0.717) is 50.5 Å². The van der Waals surface area contributed by atoms with E-state index in [2.05, 4.69) is 45.6 Å². The maximum absolute atomic E-state index is 12.5. The highest BCUT2D eigenvalue weighted by atomic mass is 35.5. The average molecular weight is 658 g/mol. The number of hydrogen-bond donors (Lipinski definition) is 5. The minimum Gasteiger partial charge on any atom is -0.396 e. The number of anilines is 2. The first-order chi connectivity index (χ1) is 22.4. The van der Waals surface area contributed by atoms with Gasteiger partial charge in [0, 0.05) is 41.1 Å². The van der Waals surface area contributed by atoms with Gasteiger partial charge in [0.25, 0.3) is 5.56 Å². The molecule has 0 saturated carbocycles. The third kappa shape index (κ3) is 7.97. The lowest BCUT2D eigenvalue weighted by molar-refractivity contribution is 0.0907. The lowest BCUT2D eigenvalue weighted by Gasteiger charge is -2.11. The fourth-order valence-electron chi connectivity index (χ4n) is 4.13. The van der Waals surface area contributed by atoms with Crippen LogP contribution in [0.15, 0.2) is 64.3 Å². The average Bonchev–Trinajstić information content (AvgIpc) is 3.73. The Morgan fingerprint density at radius 1 is 1.00 bits per heavy atom. The summed E-state index contributed by atoms with van der Waals surface area (Å²) in [7, 11) is 0. The number of carbonyl (C=O) groups excluding carboxylic acids is 1. The second kappa shape index (κ2) is 14.6. The molecule has 0 radical (unpaired) electrons. The fraction of sp³-hybridized carbons (Fsp3) is 0.250. The SMILES string of the molecule is CC.CC(C)(C)c1noc(C(=O)NCc2ccc(-c3ccnc4nc(-c5ccn[nH]c5=O)[nH]c34)cc2Cl)n1.Cc1ccnc(N)c1N. The molecule has 244 valence electrons. The molecule has 6 rings (SSSR count). The van der Waals surface area contributed by atoms with Crippen molar-refractivity contribution in [2.24, 2.45) is 0 Å². The van der Waals surface area contributed by atoms with Gasteiger partial charge in [0.15, 0.2) is 11.5 Å². The number of imidazole rings is 1. The van der Waals surface area contributed by atoms with Gasteiger partial charge in [-0.2, -0.15) is 10.1 Å². The Bertz CT molecular complexity index is 2040. The van der Waals surface area contributed by atoms with E-state index in [1.807, 2.05) is 65.8 Å². The Morgan fingerprint density at radius 2 is 1.72 bits per heavy atom. The van der Waals surface area contributed by atoms with E-state index in [9.17, 15) is 9.59 Å². The molecule has 0 aliphatic carbocycles. The lowest BCUT2D eigenvalue weighted by atomic mass is 9.96. The topological polar surface area (TPSA) is 220 Å². The first-order valence-electron chi connectivity index (χ1n) is 14.7. The number of pyridine rings is 2. The van der Waals surface area contributed by atoms with Crippen molar-refractivity contribution in [3.63, 3.8) is 0 Å². The number of carbonyl (C=O) groups is 1. The van der Waals surface area contributed by atoms with Crippen LogP contribution in [0.25, 0.3) is 33.7 Å². The molecule has 0 bridgehead atoms. The molecule has 5 heterocycles. The van der Waals surface area contributed by atoms with Gasteiger partial charge in [-0.05, 0) is 47.9 Å². The minimum absolute atomic E-state index is 0.102. The van der Waals surface area contributed by atoms with Gasteiger partial charge < -0.3 is 26.3 Å². The van der Waals surface area contributed by atoms with Crippen molar-refractivity contribution in [2.45, 2.75) is 53.5 Å². The van der Waals surface area contributed by atoms with E-state index in [0.717, 1.165) is 16.7 Å². The van der Waals surface area contributed by atoms with Crippen LogP contribution < -0.4 is 22.3 Å². The number of aryl methyl sites for hydroxylation is 1. The number of benzene rings is 1. The number of aromatic amines is 2. The highest BCUT2D eigenvalue weighted by Gasteiger charge is 2.24. The van der Waals surface area contributed by atoms with Crippen molar-refractivity contribution in [1.29, 1.82) is 0 Å². The monoisotopic (exact) mass is 657 g/mol. The number of nitrogens with one attached hydrogen (secondary N) is 3. The van der Waals surface area contributed by atoms with Crippen LogP contribution in [0, 0.1) is 6.92 Å². The van der Waals surface area contributed by atoms with Crippen LogP contribution in [0.1, 0.15) is 62.3 Å². The number of aromatic nitrogens is 8. The van der Waals surface area contributed by atoms with Crippen molar-refractivity contribution in [1.82, 2.24) is 45.6 Å². The summed E-state index contributed by atoms with van der Waals surface area (Å²) in [5, 5.41) is 13.2. The summed E-state index contributed by atoms with van der Waals surface area (Å²) in [5.41, 5.74) is 15.6. The number of nitrogens with zero attached hydrogens (tertiary/aromatic N) is 6. The minimum atomic E-state index is -0.481. The maximum Gasteiger partial charge on any atom is 0.315 e. The second-order valence-corrected chi connectivity index (χ2v) is 11.4. The molecule has 5 aromatic heterocycles. The molecule has 6 aromatic rings. The molecule has 1 aromatic carbocycles. The molecule has 1 amide bonds. The van der Waals surface area contributed by atoms with Crippen LogP contribution in [-0.2, 0) is 12.0 Å². The number of nitrogens with two attached hydrogens (primary N) is 2. The van der Waals surface area contributed by atoms with E-state index >= 15 is 0 Å². The van der Waals surface area contributed by atoms with Gasteiger partial charge in [0.2, 0.25) is 0 Å². The van der Waals surface area contributed by atoms with Crippen LogP contribution >= 0.6 is 11.6 Å². The molecular formula is C32H36ClN11O3. The smallest absolute Gasteiger partial charge is 0.315 e. The van der Waals surface area contributed by atoms with Gasteiger partial charge >= 0.3 is 11.8 Å². The standard InChI is InChI=1S/C24H21ClN8O3.C6H9N3.C2H6/c1-24(2,3)23-31-22(36-33-23)21(35)27-11-13-5-4-12(10-16(13)25)14-6-8-26-19-17(14)29-18(30-19)15-7-9-28-32-20(15)34;1-4-2-3-9-6(8)5(4)7;1-2/h4-10H,11H2,1-3H3,(H,27,35)(H,32,34)(H,26,29,30);2-3H,7H2,1H3,(H2,8,9);1-2H3. The van der Waals surface area contributed by atoms with E-state index < -0.39 is 5.91 Å². The quantitative estimate of drug-likeness (QED) is 0.162. The summed E-state index contributed by atoms with van der Waals surface area (Å²) in [6, 6.07) is 10.7. The Kier molecular flexibility index (Phi) is 10.7. The third-order valence-corrected chi connectivity index (χ3v) is 7.06. The zero-order valence-electron chi connectivity index (χ0n) is 26.8. The molecule has 0 fully saturated rings. The predicted octanol–water partition coefficient (Wildman–Crippen LogP) is 5.22. The van der Waals surface area contributed by atoms with Crippen molar-refractivity contribution in [2.75, 3.05) is 11.5 Å². The summed E-state index contributed by atoms with van der Waals surface area (Å²) in [4.78, 5) is 44.5. The molecular weight excluding hydrogens is 622 g/mol. The molecule has 0 unspecified atom stereocenters. The van der Waals surface area contributed by atoms with Crippen LogP contribution in [-0.4, -0.2) is 46.2 Å². The van der Waals surface area contributed by atoms with Crippen molar-refractivity contribution in [3.8, 4) is 22.5 Å². The maximum atomic E-state index is 12.5. The van der Waals surface area contributed by atoms with Crippen molar-refractivity contribution in [3.05, 3.63) is 93.2 Å².